The summed E-state index contributed by atoms with van der Waals surface area (Å²) in [5, 5.41) is 5.02. The molecule has 2 heterocycles. The van der Waals surface area contributed by atoms with Gasteiger partial charge in [-0.05, 0) is 54.8 Å². The first kappa shape index (κ1) is 18.6. The van der Waals surface area contributed by atoms with Gasteiger partial charge in [-0.15, -0.1) is 11.3 Å². The molecule has 0 fully saturated rings. The zero-order valence-corrected chi connectivity index (χ0v) is 16.2. The number of rotatable bonds is 4. The lowest BCUT2D eigenvalue weighted by Gasteiger charge is -2.11. The molecule has 0 aliphatic carbocycles. The third-order valence-electron chi connectivity index (χ3n) is 4.32. The number of aromatic nitrogens is 2. The molecule has 0 aliphatic heterocycles. The molecule has 4 rings (SSSR count). The predicted octanol–water partition coefficient (Wildman–Crippen LogP) is 3.40. The number of carbonyl (C=O) groups excluding carboxylic acids is 2. The lowest BCUT2D eigenvalue weighted by atomic mass is 10.1. The highest BCUT2D eigenvalue weighted by atomic mass is 32.1. The van der Waals surface area contributed by atoms with Crippen LogP contribution in [0.25, 0.3) is 10.2 Å². The molecule has 0 saturated carbocycles. The predicted molar refractivity (Wildman–Crippen MR) is 113 cm³/mol. The zero-order valence-electron chi connectivity index (χ0n) is 15.4. The number of thiophene rings is 1. The average Bonchev–Trinajstić information content (AvgIpc) is 3.20. The van der Waals surface area contributed by atoms with E-state index in [1.807, 2.05) is 6.07 Å². The molecule has 2 N–H and O–H groups in total. The Hall–Kier alpha value is -3.78. The van der Waals surface area contributed by atoms with Crippen LogP contribution in [0.5, 0.6) is 0 Å². The summed E-state index contributed by atoms with van der Waals surface area (Å²) in [4.78, 5) is 42.3. The van der Waals surface area contributed by atoms with Gasteiger partial charge in [0.2, 0.25) is 0 Å². The maximum Gasteiger partial charge on any atom is 0.281 e. The Morgan fingerprint density at radius 2 is 1.62 bits per heavy atom. The van der Waals surface area contributed by atoms with Crippen LogP contribution in [-0.4, -0.2) is 21.5 Å². The summed E-state index contributed by atoms with van der Waals surface area (Å²) in [5.41, 5.74) is 3.71. The fraction of sp³-hybridized carbons (Fsp3) is 0.0476. The molecule has 2 amide bonds. The number of nitrogens with zero attached hydrogens (tertiary/aromatic N) is 2. The topological polar surface area (TPSA) is 93.1 Å². The van der Waals surface area contributed by atoms with E-state index < -0.39 is 5.91 Å². The highest BCUT2D eigenvalue weighted by Gasteiger charge is 2.13. The highest BCUT2D eigenvalue weighted by molar-refractivity contribution is 7.16. The molecule has 2 aromatic carbocycles. The van der Waals surface area contributed by atoms with Crippen LogP contribution < -0.4 is 16.3 Å². The summed E-state index contributed by atoms with van der Waals surface area (Å²) < 4.78 is 1.14. The molecule has 7 nitrogen and oxygen atoms in total. The van der Waals surface area contributed by atoms with Crippen LogP contribution in [0.2, 0.25) is 0 Å². The maximum absolute atomic E-state index is 12.6. The van der Waals surface area contributed by atoms with Crippen molar-refractivity contribution in [1.82, 2.24) is 9.66 Å². The van der Waals surface area contributed by atoms with E-state index in [9.17, 15) is 14.4 Å². The second-order valence-electron chi connectivity index (χ2n) is 6.28. The number of fused-ring (bicyclic) bond motifs is 1. The number of hydrogen-bond donors (Lipinski definition) is 2. The van der Waals surface area contributed by atoms with Gasteiger partial charge >= 0.3 is 0 Å². The van der Waals surface area contributed by atoms with Gasteiger partial charge in [0.1, 0.15) is 10.7 Å². The van der Waals surface area contributed by atoms with Crippen molar-refractivity contribution >= 4 is 39.1 Å². The molecule has 0 spiro atoms. The monoisotopic (exact) mass is 404 g/mol. The van der Waals surface area contributed by atoms with E-state index in [0.29, 0.717) is 32.9 Å². The van der Waals surface area contributed by atoms with E-state index in [2.05, 4.69) is 15.7 Å². The van der Waals surface area contributed by atoms with Gasteiger partial charge in [-0.1, -0.05) is 18.2 Å². The highest BCUT2D eigenvalue weighted by Crippen LogP contribution is 2.15. The number of carbonyl (C=O) groups is 2. The quantitative estimate of drug-likeness (QED) is 0.545. The van der Waals surface area contributed by atoms with E-state index in [1.165, 1.54) is 11.3 Å². The molecule has 0 bridgehead atoms. The Morgan fingerprint density at radius 1 is 0.931 bits per heavy atom. The van der Waals surface area contributed by atoms with Crippen LogP contribution in [0.1, 0.15) is 26.5 Å². The Balaban J connectivity index is 1.50. The first-order valence-electron chi connectivity index (χ1n) is 8.77. The SMILES string of the molecule is Cc1nc2sccc2c(=O)n1NC(=O)c1ccc(NC(=O)c2ccccc2)cc1. The van der Waals surface area contributed by atoms with E-state index in [-0.39, 0.29) is 11.5 Å². The minimum Gasteiger partial charge on any atom is -0.322 e. The molecular formula is C21H16N4O3S. The van der Waals surface area contributed by atoms with Crippen molar-refractivity contribution in [2.75, 3.05) is 10.7 Å². The Labute approximate surface area is 169 Å². The van der Waals surface area contributed by atoms with Crippen molar-refractivity contribution in [2.45, 2.75) is 6.92 Å². The number of hydrogen-bond acceptors (Lipinski definition) is 5. The van der Waals surface area contributed by atoms with E-state index in [1.54, 1.807) is 66.9 Å². The van der Waals surface area contributed by atoms with E-state index >= 15 is 0 Å². The van der Waals surface area contributed by atoms with Gasteiger partial charge in [-0.3, -0.25) is 19.8 Å². The molecule has 0 aliphatic rings. The van der Waals surface area contributed by atoms with Crippen molar-refractivity contribution < 1.29 is 9.59 Å². The van der Waals surface area contributed by atoms with Crippen molar-refractivity contribution in [3.63, 3.8) is 0 Å². The molecule has 2 aromatic heterocycles. The van der Waals surface area contributed by atoms with Crippen molar-refractivity contribution in [3.8, 4) is 0 Å². The summed E-state index contributed by atoms with van der Waals surface area (Å²) >= 11 is 1.37. The Kier molecular flexibility index (Phi) is 4.92. The molecule has 29 heavy (non-hydrogen) atoms. The van der Waals surface area contributed by atoms with Crippen LogP contribution >= 0.6 is 11.3 Å². The molecule has 8 heteroatoms. The van der Waals surface area contributed by atoms with E-state index in [4.69, 9.17) is 0 Å². The van der Waals surface area contributed by atoms with Crippen molar-refractivity contribution in [2.24, 2.45) is 0 Å². The fourth-order valence-electron chi connectivity index (χ4n) is 2.81. The summed E-state index contributed by atoms with van der Waals surface area (Å²) in [7, 11) is 0. The van der Waals surface area contributed by atoms with Crippen LogP contribution in [0, 0.1) is 6.92 Å². The number of amides is 2. The third-order valence-corrected chi connectivity index (χ3v) is 5.13. The third kappa shape index (κ3) is 3.78. The standard InChI is InChI=1S/C21H16N4O3S/c1-13-22-20-17(11-12-29-20)21(28)25(13)24-19(27)15-7-9-16(10-8-15)23-18(26)14-5-3-2-4-6-14/h2-12H,1H3,(H,23,26)(H,24,27). The first-order valence-corrected chi connectivity index (χ1v) is 9.65. The van der Waals surface area contributed by atoms with Gasteiger partial charge < -0.3 is 5.32 Å². The Bertz CT molecular complexity index is 1260. The molecule has 0 unspecified atom stereocenters. The minimum atomic E-state index is -0.451. The van der Waals surface area contributed by atoms with Gasteiger partial charge in [-0.2, -0.15) is 0 Å². The summed E-state index contributed by atoms with van der Waals surface area (Å²) in [6.45, 7) is 1.66. The number of aryl methyl sites for hydroxylation is 1. The summed E-state index contributed by atoms with van der Waals surface area (Å²) in [6.07, 6.45) is 0. The van der Waals surface area contributed by atoms with Gasteiger partial charge in [-0.25, -0.2) is 9.66 Å². The number of benzene rings is 2. The number of nitrogens with one attached hydrogen (secondary N) is 2. The summed E-state index contributed by atoms with van der Waals surface area (Å²) in [5.74, 6) is -0.294. The Morgan fingerprint density at radius 3 is 2.34 bits per heavy atom. The lowest BCUT2D eigenvalue weighted by molar-refractivity contribution is 0.100. The molecule has 0 radical (unpaired) electrons. The number of anilines is 1. The van der Waals surface area contributed by atoms with Crippen LogP contribution in [0.4, 0.5) is 5.69 Å². The largest absolute Gasteiger partial charge is 0.322 e. The van der Waals surface area contributed by atoms with Gasteiger partial charge in [0.15, 0.2) is 0 Å². The van der Waals surface area contributed by atoms with Crippen molar-refractivity contribution in [1.29, 1.82) is 0 Å². The molecular weight excluding hydrogens is 388 g/mol. The maximum atomic E-state index is 12.6. The van der Waals surface area contributed by atoms with Crippen LogP contribution in [0.3, 0.4) is 0 Å². The van der Waals surface area contributed by atoms with Gasteiger partial charge in [0, 0.05) is 16.8 Å². The lowest BCUT2D eigenvalue weighted by Crippen LogP contribution is -2.35. The van der Waals surface area contributed by atoms with Crippen molar-refractivity contribution in [3.05, 3.63) is 93.3 Å². The molecule has 144 valence electrons. The molecule has 0 saturated heterocycles. The smallest absolute Gasteiger partial charge is 0.281 e. The zero-order chi connectivity index (χ0) is 20.4. The second-order valence-corrected chi connectivity index (χ2v) is 7.17. The normalized spacial score (nSPS) is 10.7. The average molecular weight is 404 g/mol. The second kappa shape index (κ2) is 7.69. The minimum absolute atomic E-state index is 0.236. The van der Waals surface area contributed by atoms with Crippen LogP contribution in [0.15, 0.2) is 70.8 Å². The van der Waals surface area contributed by atoms with Crippen LogP contribution in [-0.2, 0) is 0 Å². The summed E-state index contributed by atoms with van der Waals surface area (Å²) in [6, 6.07) is 16.9. The van der Waals surface area contributed by atoms with Gasteiger partial charge in [0.25, 0.3) is 17.4 Å². The molecule has 0 atom stereocenters. The van der Waals surface area contributed by atoms with Gasteiger partial charge in [0.05, 0.1) is 5.39 Å². The fourth-order valence-corrected chi connectivity index (χ4v) is 3.61. The molecule has 4 aromatic rings. The first-order chi connectivity index (χ1) is 14.0. The van der Waals surface area contributed by atoms with E-state index in [0.717, 1.165) is 4.68 Å².